The van der Waals surface area contributed by atoms with E-state index in [-0.39, 0.29) is 12.4 Å². The Kier molecular flexibility index (Phi) is 5.83. The topological polar surface area (TPSA) is 55.8 Å². The van der Waals surface area contributed by atoms with Crippen LogP contribution >= 0.6 is 7.52 Å². The normalized spacial score (nSPS) is 21.8. The molecule has 0 aliphatic carbocycles. The Morgan fingerprint density at radius 3 is 2.37 bits per heavy atom. The average Bonchev–Trinajstić information content (AvgIpc) is 2.95. The Hall–Kier alpha value is -2.36. The van der Waals surface area contributed by atoms with Gasteiger partial charge in [0, 0.05) is 5.69 Å². The lowest BCUT2D eigenvalue weighted by atomic mass is 10.1. The fourth-order valence-electron chi connectivity index (χ4n) is 3.27. The molecule has 0 amide bonds. The van der Waals surface area contributed by atoms with Crippen molar-refractivity contribution in [2.75, 3.05) is 18.4 Å². The zero-order valence-electron chi connectivity index (χ0n) is 15.8. The van der Waals surface area contributed by atoms with Crippen LogP contribution < -0.4 is 4.67 Å². The van der Waals surface area contributed by atoms with Crippen molar-refractivity contribution < 1.29 is 18.6 Å². The Labute approximate surface area is 160 Å². The maximum atomic E-state index is 14.1. The average molecular weight is 385 g/mol. The van der Waals surface area contributed by atoms with Crippen LogP contribution in [0.2, 0.25) is 0 Å². The van der Waals surface area contributed by atoms with Crippen LogP contribution in [0.4, 0.5) is 5.69 Å². The van der Waals surface area contributed by atoms with E-state index in [0.29, 0.717) is 11.9 Å². The molecular formula is C21H24NO4P. The smallest absolute Gasteiger partial charge is 0.327 e. The minimum atomic E-state index is -3.39. The van der Waals surface area contributed by atoms with Gasteiger partial charge in [-0.05, 0) is 37.6 Å². The highest BCUT2D eigenvalue weighted by molar-refractivity contribution is 7.71. The van der Waals surface area contributed by atoms with Gasteiger partial charge in [0.15, 0.2) is 0 Å². The second kappa shape index (κ2) is 8.12. The number of carbonyl (C=O) groups is 1. The predicted octanol–water partition coefficient (Wildman–Crippen LogP) is 5.02. The molecule has 142 valence electrons. The monoisotopic (exact) mass is 385 g/mol. The summed E-state index contributed by atoms with van der Waals surface area (Å²) in [5.74, 6) is -0.356. The molecule has 2 aromatic rings. The fraction of sp³-hybridized carbons (Fsp3) is 0.286. The van der Waals surface area contributed by atoms with Crippen molar-refractivity contribution in [1.29, 1.82) is 0 Å². The van der Waals surface area contributed by atoms with E-state index < -0.39 is 13.6 Å². The molecule has 2 aromatic carbocycles. The molecule has 0 radical (unpaired) electrons. The number of hydrogen-bond acceptors (Lipinski definition) is 4. The highest BCUT2D eigenvalue weighted by Crippen LogP contribution is 2.68. The molecule has 2 unspecified atom stereocenters. The van der Waals surface area contributed by atoms with E-state index in [4.69, 9.17) is 9.26 Å². The van der Waals surface area contributed by atoms with Crippen molar-refractivity contribution in [1.82, 2.24) is 0 Å². The van der Waals surface area contributed by atoms with Gasteiger partial charge in [0.1, 0.15) is 0 Å². The van der Waals surface area contributed by atoms with E-state index in [1.165, 1.54) is 7.11 Å². The maximum Gasteiger partial charge on any atom is 0.327 e. The van der Waals surface area contributed by atoms with Crippen LogP contribution in [-0.4, -0.2) is 25.7 Å². The van der Waals surface area contributed by atoms with Crippen LogP contribution in [0, 0.1) is 6.92 Å². The number of anilines is 1. The van der Waals surface area contributed by atoms with E-state index in [9.17, 15) is 9.36 Å². The quantitative estimate of drug-likeness (QED) is 0.516. The third kappa shape index (κ3) is 3.85. The number of benzene rings is 2. The van der Waals surface area contributed by atoms with Crippen LogP contribution in [-0.2, 0) is 18.6 Å². The lowest BCUT2D eigenvalue weighted by molar-refractivity contribution is -0.140. The molecule has 5 nitrogen and oxygen atoms in total. The van der Waals surface area contributed by atoms with Gasteiger partial charge in [0.05, 0.1) is 31.5 Å². The molecular weight excluding hydrogens is 361 g/mol. The Morgan fingerprint density at radius 1 is 1.11 bits per heavy atom. The number of nitrogens with zero attached hydrogens (tertiary/aromatic N) is 1. The molecule has 0 spiro atoms. The van der Waals surface area contributed by atoms with E-state index >= 15 is 0 Å². The largest absolute Gasteiger partial charge is 0.469 e. The number of ether oxygens (including phenoxy) is 1. The molecule has 0 aromatic heterocycles. The molecule has 3 rings (SSSR count). The van der Waals surface area contributed by atoms with Crippen molar-refractivity contribution in [3.05, 3.63) is 71.8 Å². The zero-order chi connectivity index (χ0) is 19.4. The second-order valence-electron chi connectivity index (χ2n) is 6.38. The Morgan fingerprint density at radius 2 is 1.78 bits per heavy atom. The zero-order valence-corrected chi connectivity index (χ0v) is 16.7. The van der Waals surface area contributed by atoms with Crippen LogP contribution in [0.1, 0.15) is 24.5 Å². The van der Waals surface area contributed by atoms with E-state index in [2.05, 4.69) is 0 Å². The SMILES string of the molecule is CCOP1(=O)C(c2ccc(C)cc2)=CC(CC(=O)OC)N1c1ccccc1. The predicted molar refractivity (Wildman–Crippen MR) is 108 cm³/mol. The molecule has 0 bridgehead atoms. The van der Waals surface area contributed by atoms with Crippen LogP contribution in [0.15, 0.2) is 60.7 Å². The summed E-state index contributed by atoms with van der Waals surface area (Å²) < 4.78 is 26.6. The number of aryl methyl sites for hydroxylation is 1. The van der Waals surface area contributed by atoms with Crippen LogP contribution in [0.5, 0.6) is 0 Å². The van der Waals surface area contributed by atoms with E-state index in [1.54, 1.807) is 4.67 Å². The first-order valence-corrected chi connectivity index (χ1v) is 10.5. The summed E-state index contributed by atoms with van der Waals surface area (Å²) in [5, 5.41) is 0.627. The molecule has 0 saturated heterocycles. The van der Waals surface area contributed by atoms with Gasteiger partial charge in [-0.1, -0.05) is 48.0 Å². The fourth-order valence-corrected chi connectivity index (χ4v) is 5.93. The highest BCUT2D eigenvalue weighted by Gasteiger charge is 2.46. The minimum absolute atomic E-state index is 0.0951. The van der Waals surface area contributed by atoms with Gasteiger partial charge in [-0.15, -0.1) is 0 Å². The van der Waals surface area contributed by atoms with Crippen molar-refractivity contribution in [2.24, 2.45) is 0 Å². The van der Waals surface area contributed by atoms with Crippen molar-refractivity contribution in [3.8, 4) is 0 Å². The van der Waals surface area contributed by atoms with Gasteiger partial charge in [-0.3, -0.25) is 14.0 Å². The molecule has 1 heterocycles. The standard InChI is InChI=1S/C21H24NO4P/c1-4-26-27(24)20(17-12-10-16(2)11-13-17)14-19(15-21(23)25-3)22(27)18-8-6-5-7-9-18/h5-14,19H,4,15H2,1-3H3. The van der Waals surface area contributed by atoms with Crippen LogP contribution in [0.25, 0.3) is 5.31 Å². The number of para-hydroxylation sites is 1. The van der Waals surface area contributed by atoms with Gasteiger partial charge >= 0.3 is 13.5 Å². The van der Waals surface area contributed by atoms with Crippen molar-refractivity contribution in [3.63, 3.8) is 0 Å². The third-order valence-electron chi connectivity index (χ3n) is 4.53. The minimum Gasteiger partial charge on any atom is -0.469 e. The third-order valence-corrected chi connectivity index (χ3v) is 7.25. The Bertz CT molecular complexity index is 877. The summed E-state index contributed by atoms with van der Waals surface area (Å²) in [5.41, 5.74) is 2.71. The number of hydrogen-bond donors (Lipinski definition) is 0. The van der Waals surface area contributed by atoms with Crippen molar-refractivity contribution >= 4 is 24.5 Å². The molecule has 6 heteroatoms. The summed E-state index contributed by atoms with van der Waals surface area (Å²) in [4.78, 5) is 12.0. The molecule has 1 aliphatic rings. The number of esters is 1. The van der Waals surface area contributed by atoms with Gasteiger partial charge in [0.25, 0.3) is 0 Å². The number of methoxy groups -OCH3 is 1. The van der Waals surface area contributed by atoms with Gasteiger partial charge in [-0.2, -0.15) is 0 Å². The molecule has 27 heavy (non-hydrogen) atoms. The highest BCUT2D eigenvalue weighted by atomic mass is 31.2. The molecule has 0 saturated carbocycles. The second-order valence-corrected chi connectivity index (χ2v) is 8.60. The molecule has 0 N–H and O–H groups in total. The lowest BCUT2D eigenvalue weighted by Gasteiger charge is -2.32. The van der Waals surface area contributed by atoms with Gasteiger partial charge < -0.3 is 9.26 Å². The first-order chi connectivity index (χ1) is 13.0. The molecule has 0 fully saturated rings. The summed E-state index contributed by atoms with van der Waals surface area (Å²) in [6.45, 7) is 4.13. The van der Waals surface area contributed by atoms with Gasteiger partial charge in [-0.25, -0.2) is 0 Å². The first-order valence-electron chi connectivity index (χ1n) is 8.95. The molecule has 2 atom stereocenters. The van der Waals surface area contributed by atoms with Crippen molar-refractivity contribution in [2.45, 2.75) is 26.3 Å². The number of rotatable bonds is 6. The summed E-state index contributed by atoms with van der Waals surface area (Å²) in [7, 11) is -2.03. The first kappa shape index (κ1) is 19.4. The van der Waals surface area contributed by atoms with E-state index in [1.807, 2.05) is 74.5 Å². The summed E-state index contributed by atoms with van der Waals surface area (Å²) in [6, 6.07) is 16.8. The van der Waals surface area contributed by atoms with E-state index in [0.717, 1.165) is 16.8 Å². The number of carbonyl (C=O) groups excluding carboxylic acids is 1. The summed E-state index contributed by atoms with van der Waals surface area (Å²) >= 11 is 0. The maximum absolute atomic E-state index is 14.1. The lowest BCUT2D eigenvalue weighted by Crippen LogP contribution is -2.30. The van der Waals surface area contributed by atoms with Crippen LogP contribution in [0.3, 0.4) is 0 Å². The Balaban J connectivity index is 2.13. The molecule has 1 aliphatic heterocycles. The van der Waals surface area contributed by atoms with Gasteiger partial charge in [0.2, 0.25) is 0 Å². The summed E-state index contributed by atoms with van der Waals surface area (Å²) in [6.07, 6.45) is 1.98.